The average molecular weight is 379 g/mol. The van der Waals surface area contributed by atoms with E-state index in [1.54, 1.807) is 4.90 Å². The van der Waals surface area contributed by atoms with Gasteiger partial charge in [-0.3, -0.25) is 9.59 Å². The first kappa shape index (κ1) is 17.7. The van der Waals surface area contributed by atoms with E-state index in [0.717, 1.165) is 34.2 Å². The third kappa shape index (κ3) is 3.71. The number of aryl methyl sites for hydroxylation is 2. The zero-order valence-corrected chi connectivity index (χ0v) is 16.2. The van der Waals surface area contributed by atoms with Crippen molar-refractivity contribution in [3.05, 3.63) is 58.6 Å². The molecule has 1 saturated carbocycles. The van der Waals surface area contributed by atoms with Gasteiger partial charge in [-0.05, 0) is 43.5 Å². The van der Waals surface area contributed by atoms with E-state index < -0.39 is 0 Å². The Morgan fingerprint density at radius 3 is 2.59 bits per heavy atom. The van der Waals surface area contributed by atoms with Gasteiger partial charge in [-0.2, -0.15) is 0 Å². The number of carbonyl (C=O) groups excluding carboxylic acids is 2. The maximum atomic E-state index is 13.2. The Balaban J connectivity index is 1.55. The second-order valence-electron chi connectivity index (χ2n) is 6.90. The van der Waals surface area contributed by atoms with Gasteiger partial charge in [-0.25, -0.2) is 4.98 Å². The van der Waals surface area contributed by atoms with Gasteiger partial charge in [-0.1, -0.05) is 36.4 Å². The van der Waals surface area contributed by atoms with Crippen molar-refractivity contribution in [1.82, 2.24) is 9.88 Å². The van der Waals surface area contributed by atoms with Crippen LogP contribution in [0.2, 0.25) is 0 Å². The Labute approximate surface area is 162 Å². The molecule has 1 aliphatic rings. The predicted octanol–water partition coefficient (Wildman–Crippen LogP) is 4.16. The van der Waals surface area contributed by atoms with Crippen LogP contribution in [-0.2, 0) is 4.79 Å². The van der Waals surface area contributed by atoms with E-state index in [2.05, 4.69) is 10.3 Å². The van der Waals surface area contributed by atoms with Crippen molar-refractivity contribution in [3.63, 3.8) is 0 Å². The summed E-state index contributed by atoms with van der Waals surface area (Å²) >= 11 is 1.45. The molecule has 0 radical (unpaired) electrons. The molecule has 2 aromatic carbocycles. The number of aromatic nitrogens is 1. The summed E-state index contributed by atoms with van der Waals surface area (Å²) in [5.41, 5.74) is 1.56. The van der Waals surface area contributed by atoms with Crippen LogP contribution >= 0.6 is 11.3 Å². The molecule has 138 valence electrons. The van der Waals surface area contributed by atoms with E-state index >= 15 is 0 Å². The molecule has 1 heterocycles. The lowest BCUT2D eigenvalue weighted by Gasteiger charge is -2.22. The van der Waals surface area contributed by atoms with Crippen LogP contribution in [0, 0.1) is 13.8 Å². The minimum Gasteiger partial charge on any atom is -0.326 e. The second-order valence-corrected chi connectivity index (χ2v) is 8.10. The summed E-state index contributed by atoms with van der Waals surface area (Å²) in [5.74, 6) is -0.291. The van der Waals surface area contributed by atoms with E-state index in [0.29, 0.717) is 10.7 Å². The number of benzene rings is 2. The van der Waals surface area contributed by atoms with E-state index in [4.69, 9.17) is 0 Å². The summed E-state index contributed by atoms with van der Waals surface area (Å²) in [5, 5.41) is 5.37. The molecule has 0 unspecified atom stereocenters. The van der Waals surface area contributed by atoms with Crippen molar-refractivity contribution in [1.29, 1.82) is 0 Å². The smallest absolute Gasteiger partial charge is 0.255 e. The van der Waals surface area contributed by atoms with Gasteiger partial charge in [0.2, 0.25) is 5.91 Å². The summed E-state index contributed by atoms with van der Waals surface area (Å²) in [4.78, 5) is 32.9. The first-order valence-electron chi connectivity index (χ1n) is 9.05. The molecule has 0 atom stereocenters. The number of fused-ring (bicyclic) bond motifs is 1. The number of hydrogen-bond acceptors (Lipinski definition) is 4. The number of amides is 2. The van der Waals surface area contributed by atoms with E-state index in [9.17, 15) is 9.59 Å². The highest BCUT2D eigenvalue weighted by Gasteiger charge is 2.35. The second kappa shape index (κ2) is 7.12. The third-order valence-electron chi connectivity index (χ3n) is 4.86. The predicted molar refractivity (Wildman–Crippen MR) is 108 cm³/mol. The molecular weight excluding hydrogens is 358 g/mol. The van der Waals surface area contributed by atoms with Gasteiger partial charge in [0.1, 0.15) is 6.54 Å². The van der Waals surface area contributed by atoms with Gasteiger partial charge >= 0.3 is 0 Å². The fraction of sp³-hybridized carbons (Fsp3) is 0.286. The normalized spacial score (nSPS) is 13.6. The number of nitrogens with zero attached hydrogens (tertiary/aromatic N) is 2. The molecule has 1 aliphatic carbocycles. The molecule has 1 fully saturated rings. The van der Waals surface area contributed by atoms with E-state index in [1.807, 2.05) is 56.3 Å². The minimum absolute atomic E-state index is 0.0460. The van der Waals surface area contributed by atoms with E-state index in [1.165, 1.54) is 11.3 Å². The molecule has 2 amide bonds. The van der Waals surface area contributed by atoms with Crippen LogP contribution in [-0.4, -0.2) is 34.3 Å². The quantitative estimate of drug-likeness (QED) is 0.724. The fourth-order valence-electron chi connectivity index (χ4n) is 3.16. The Hall–Kier alpha value is -2.73. The van der Waals surface area contributed by atoms with Gasteiger partial charge < -0.3 is 10.2 Å². The highest BCUT2D eigenvalue weighted by atomic mass is 32.1. The van der Waals surface area contributed by atoms with Crippen LogP contribution in [0.1, 0.15) is 33.8 Å². The van der Waals surface area contributed by atoms with E-state index in [-0.39, 0.29) is 24.4 Å². The number of rotatable bonds is 5. The molecule has 1 N–H and O–H groups in total. The molecule has 27 heavy (non-hydrogen) atoms. The Kier molecular flexibility index (Phi) is 4.66. The molecular formula is C21H21N3O2S. The van der Waals surface area contributed by atoms with Crippen LogP contribution in [0.3, 0.4) is 0 Å². The average Bonchev–Trinajstić information content (AvgIpc) is 3.45. The Bertz CT molecular complexity index is 998. The lowest BCUT2D eigenvalue weighted by atomic mass is 10.0. The number of anilines is 1. The maximum Gasteiger partial charge on any atom is 0.255 e. The first-order chi connectivity index (χ1) is 13.0. The van der Waals surface area contributed by atoms with Crippen molar-refractivity contribution in [2.75, 3.05) is 11.9 Å². The van der Waals surface area contributed by atoms with Crippen molar-refractivity contribution in [2.45, 2.75) is 32.7 Å². The van der Waals surface area contributed by atoms with Crippen molar-refractivity contribution >= 4 is 39.1 Å². The summed E-state index contributed by atoms with van der Waals surface area (Å²) in [6, 6.07) is 13.7. The monoisotopic (exact) mass is 379 g/mol. The van der Waals surface area contributed by atoms with Crippen LogP contribution in [0.25, 0.3) is 10.8 Å². The standard InChI is InChI=1S/C21H21N3O2S/c1-13-14(2)27-21(22-13)23-19(25)12-24(16-10-11-16)20(26)18-9-5-7-15-6-3-4-8-17(15)18/h3-9,16H,10-12H2,1-2H3,(H,22,23,25). The van der Waals surface area contributed by atoms with Crippen molar-refractivity contribution in [3.8, 4) is 0 Å². The first-order valence-corrected chi connectivity index (χ1v) is 9.87. The fourth-order valence-corrected chi connectivity index (χ4v) is 3.99. The molecule has 1 aromatic heterocycles. The van der Waals surface area contributed by atoms with Crippen LogP contribution < -0.4 is 5.32 Å². The third-order valence-corrected chi connectivity index (χ3v) is 5.85. The zero-order chi connectivity index (χ0) is 19.0. The van der Waals surface area contributed by atoms with Crippen LogP contribution in [0.5, 0.6) is 0 Å². The van der Waals surface area contributed by atoms with Gasteiger partial charge in [0, 0.05) is 16.5 Å². The largest absolute Gasteiger partial charge is 0.326 e. The topological polar surface area (TPSA) is 62.3 Å². The van der Waals surface area contributed by atoms with Gasteiger partial charge in [-0.15, -0.1) is 11.3 Å². The maximum absolute atomic E-state index is 13.2. The van der Waals surface area contributed by atoms with Gasteiger partial charge in [0.15, 0.2) is 5.13 Å². The van der Waals surface area contributed by atoms with Crippen LogP contribution in [0.4, 0.5) is 5.13 Å². The van der Waals surface area contributed by atoms with Gasteiger partial charge in [0.25, 0.3) is 5.91 Å². The number of nitrogens with one attached hydrogen (secondary N) is 1. The molecule has 0 spiro atoms. The highest BCUT2D eigenvalue weighted by molar-refractivity contribution is 7.15. The van der Waals surface area contributed by atoms with Gasteiger partial charge in [0.05, 0.1) is 5.69 Å². The lowest BCUT2D eigenvalue weighted by Crippen LogP contribution is -2.39. The summed E-state index contributed by atoms with van der Waals surface area (Å²) in [6.07, 6.45) is 1.89. The number of hydrogen-bond donors (Lipinski definition) is 1. The Morgan fingerprint density at radius 1 is 1.15 bits per heavy atom. The summed E-state index contributed by atoms with van der Waals surface area (Å²) in [7, 11) is 0. The molecule has 0 aliphatic heterocycles. The minimum atomic E-state index is -0.204. The van der Waals surface area contributed by atoms with Crippen molar-refractivity contribution < 1.29 is 9.59 Å². The molecule has 6 heteroatoms. The SMILES string of the molecule is Cc1nc(NC(=O)CN(C(=O)c2cccc3ccccc23)C2CC2)sc1C. The van der Waals surface area contributed by atoms with Crippen LogP contribution in [0.15, 0.2) is 42.5 Å². The summed E-state index contributed by atoms with van der Waals surface area (Å²) < 4.78 is 0. The summed E-state index contributed by atoms with van der Waals surface area (Å²) in [6.45, 7) is 3.94. The molecule has 3 aromatic rings. The van der Waals surface area contributed by atoms with Crippen molar-refractivity contribution in [2.24, 2.45) is 0 Å². The lowest BCUT2D eigenvalue weighted by molar-refractivity contribution is -0.117. The molecule has 0 bridgehead atoms. The molecule has 0 saturated heterocycles. The molecule has 4 rings (SSSR count). The Morgan fingerprint density at radius 2 is 1.89 bits per heavy atom. The highest BCUT2D eigenvalue weighted by Crippen LogP contribution is 2.30. The number of carbonyl (C=O) groups is 2. The zero-order valence-electron chi connectivity index (χ0n) is 15.4. The molecule has 5 nitrogen and oxygen atoms in total. The number of thiazole rings is 1.